The van der Waals surface area contributed by atoms with Crippen molar-refractivity contribution in [1.82, 2.24) is 10.6 Å². The molecule has 1 aliphatic rings. The number of hydrogen-bond donors (Lipinski definition) is 3. The Morgan fingerprint density at radius 1 is 1.03 bits per heavy atom. The van der Waals surface area contributed by atoms with Gasteiger partial charge in [-0.25, -0.2) is 4.79 Å². The SMILES string of the molecule is CC(C)(C)c1ccc([C@@H]2NC(=O)N[C@](O)(C(F)(F)F)[C@@H]2C(=O)c2ccc(Cl)cc2)cc1. The Kier molecular flexibility index (Phi) is 5.84. The summed E-state index contributed by atoms with van der Waals surface area (Å²) in [6.45, 7) is 5.93. The van der Waals surface area contributed by atoms with Crippen LogP contribution < -0.4 is 10.6 Å². The van der Waals surface area contributed by atoms with E-state index in [0.717, 1.165) is 5.56 Å². The molecule has 1 heterocycles. The van der Waals surface area contributed by atoms with Crippen LogP contribution in [0.3, 0.4) is 0 Å². The monoisotopic (exact) mass is 454 g/mol. The van der Waals surface area contributed by atoms with E-state index in [1.54, 1.807) is 24.3 Å². The first-order valence-corrected chi connectivity index (χ1v) is 9.90. The predicted molar refractivity (Wildman–Crippen MR) is 110 cm³/mol. The lowest BCUT2D eigenvalue weighted by molar-refractivity contribution is -0.287. The molecule has 0 aliphatic carbocycles. The van der Waals surface area contributed by atoms with Gasteiger partial charge in [0.15, 0.2) is 5.78 Å². The van der Waals surface area contributed by atoms with E-state index in [0.29, 0.717) is 5.02 Å². The zero-order chi connectivity index (χ0) is 23.2. The van der Waals surface area contributed by atoms with Crippen molar-refractivity contribution in [2.75, 3.05) is 0 Å². The topological polar surface area (TPSA) is 78.4 Å². The molecular formula is C22H22ClF3N2O3. The van der Waals surface area contributed by atoms with Gasteiger partial charge >= 0.3 is 12.2 Å². The van der Waals surface area contributed by atoms with Crippen LogP contribution in [0.25, 0.3) is 0 Å². The summed E-state index contributed by atoms with van der Waals surface area (Å²) >= 11 is 5.82. The number of hydrogen-bond acceptors (Lipinski definition) is 3. The minimum atomic E-state index is -5.30. The van der Waals surface area contributed by atoms with Crippen molar-refractivity contribution in [3.05, 3.63) is 70.2 Å². The number of rotatable bonds is 3. The molecule has 0 spiro atoms. The van der Waals surface area contributed by atoms with Crippen LogP contribution in [0, 0.1) is 5.92 Å². The molecule has 3 rings (SSSR count). The minimum absolute atomic E-state index is 0.0775. The van der Waals surface area contributed by atoms with Crippen molar-refractivity contribution in [2.24, 2.45) is 5.92 Å². The van der Waals surface area contributed by atoms with E-state index in [4.69, 9.17) is 11.6 Å². The molecule has 9 heteroatoms. The number of carbonyl (C=O) groups excluding carboxylic acids is 2. The molecule has 3 atom stereocenters. The number of aliphatic hydroxyl groups is 1. The van der Waals surface area contributed by atoms with Gasteiger partial charge in [-0.3, -0.25) is 4.79 Å². The number of alkyl halides is 3. The minimum Gasteiger partial charge on any atom is -0.363 e. The Morgan fingerprint density at radius 3 is 2.06 bits per heavy atom. The van der Waals surface area contributed by atoms with Crippen LogP contribution in [0.4, 0.5) is 18.0 Å². The first kappa shape index (κ1) is 23.1. The smallest absolute Gasteiger partial charge is 0.363 e. The van der Waals surface area contributed by atoms with Gasteiger partial charge in [-0.2, -0.15) is 13.2 Å². The van der Waals surface area contributed by atoms with E-state index in [2.05, 4.69) is 5.32 Å². The molecule has 1 aliphatic heterocycles. The second-order valence-corrected chi connectivity index (χ2v) is 9.00. The molecule has 5 nitrogen and oxygen atoms in total. The van der Waals surface area contributed by atoms with Gasteiger partial charge in [0.2, 0.25) is 5.72 Å². The van der Waals surface area contributed by atoms with Crippen molar-refractivity contribution in [2.45, 2.75) is 44.1 Å². The number of carbonyl (C=O) groups is 2. The maximum absolute atomic E-state index is 13.9. The second-order valence-electron chi connectivity index (χ2n) is 8.56. The lowest BCUT2D eigenvalue weighted by Gasteiger charge is -2.45. The highest BCUT2D eigenvalue weighted by molar-refractivity contribution is 6.30. The molecule has 2 aromatic rings. The number of Topliss-reactive ketones (excluding diaryl/α,β-unsaturated/α-hetero) is 1. The Bertz CT molecular complexity index is 985. The Hall–Kier alpha value is -2.58. The maximum Gasteiger partial charge on any atom is 0.437 e. The fourth-order valence-corrected chi connectivity index (χ4v) is 3.73. The summed E-state index contributed by atoms with van der Waals surface area (Å²) in [5, 5.41) is 14.8. The van der Waals surface area contributed by atoms with E-state index in [1.807, 2.05) is 20.8 Å². The fourth-order valence-electron chi connectivity index (χ4n) is 3.60. The van der Waals surface area contributed by atoms with Crippen LogP contribution in [0.5, 0.6) is 0 Å². The Balaban J connectivity index is 2.13. The van der Waals surface area contributed by atoms with Crippen molar-refractivity contribution in [3.63, 3.8) is 0 Å². The van der Waals surface area contributed by atoms with Crippen LogP contribution in [0.1, 0.15) is 48.3 Å². The van der Waals surface area contributed by atoms with Gasteiger partial charge in [-0.15, -0.1) is 0 Å². The average molecular weight is 455 g/mol. The first-order valence-electron chi connectivity index (χ1n) is 9.52. The molecule has 1 fully saturated rings. The summed E-state index contributed by atoms with van der Waals surface area (Å²) in [6.07, 6.45) is -5.30. The zero-order valence-corrected chi connectivity index (χ0v) is 17.8. The van der Waals surface area contributed by atoms with Gasteiger partial charge in [0.05, 0.1) is 6.04 Å². The number of ketones is 1. The van der Waals surface area contributed by atoms with Crippen molar-refractivity contribution < 1.29 is 27.9 Å². The number of amides is 2. The highest BCUT2D eigenvalue weighted by atomic mass is 35.5. The molecule has 2 aromatic carbocycles. The third-order valence-corrected chi connectivity index (χ3v) is 5.61. The second kappa shape index (κ2) is 7.84. The summed E-state index contributed by atoms with van der Waals surface area (Å²) in [6, 6.07) is 9.18. The van der Waals surface area contributed by atoms with E-state index < -0.39 is 35.7 Å². The van der Waals surface area contributed by atoms with E-state index in [-0.39, 0.29) is 16.5 Å². The molecule has 2 amide bonds. The summed E-state index contributed by atoms with van der Waals surface area (Å²) in [5.74, 6) is -3.07. The van der Waals surface area contributed by atoms with Crippen LogP contribution in [-0.2, 0) is 5.41 Å². The molecule has 0 aromatic heterocycles. The highest BCUT2D eigenvalue weighted by Crippen LogP contribution is 2.44. The van der Waals surface area contributed by atoms with E-state index in [9.17, 15) is 27.9 Å². The predicted octanol–water partition coefficient (Wildman–Crippen LogP) is 4.74. The van der Waals surface area contributed by atoms with Gasteiger partial charge < -0.3 is 15.7 Å². The molecule has 0 bridgehead atoms. The third kappa shape index (κ3) is 4.41. The van der Waals surface area contributed by atoms with Crippen LogP contribution >= 0.6 is 11.6 Å². The van der Waals surface area contributed by atoms with Gasteiger partial charge in [-0.1, -0.05) is 56.6 Å². The highest BCUT2D eigenvalue weighted by Gasteiger charge is 2.66. The molecule has 3 N–H and O–H groups in total. The van der Waals surface area contributed by atoms with Crippen LogP contribution in [0.2, 0.25) is 5.02 Å². The number of nitrogens with one attached hydrogen (secondary N) is 2. The van der Waals surface area contributed by atoms with Crippen LogP contribution in [-0.4, -0.2) is 28.8 Å². The normalized spacial score (nSPS) is 24.3. The lowest BCUT2D eigenvalue weighted by atomic mass is 9.76. The lowest BCUT2D eigenvalue weighted by Crippen LogP contribution is -2.72. The fraction of sp³-hybridized carbons (Fsp3) is 0.364. The quantitative estimate of drug-likeness (QED) is 0.586. The first-order chi connectivity index (χ1) is 14.2. The molecule has 166 valence electrons. The largest absolute Gasteiger partial charge is 0.437 e. The molecule has 0 saturated carbocycles. The van der Waals surface area contributed by atoms with Crippen LogP contribution in [0.15, 0.2) is 48.5 Å². The van der Waals surface area contributed by atoms with E-state index in [1.165, 1.54) is 29.6 Å². The number of benzene rings is 2. The van der Waals surface area contributed by atoms with Gasteiger partial charge in [0, 0.05) is 10.6 Å². The summed E-state index contributed by atoms with van der Waals surface area (Å²) in [4.78, 5) is 25.3. The summed E-state index contributed by atoms with van der Waals surface area (Å²) in [7, 11) is 0. The standard InChI is InChI=1S/C22H22ClF3N2O3/c1-20(2,3)14-8-4-12(5-9-14)17-16(18(29)13-6-10-15(23)11-7-13)21(31,22(24,25)26)28-19(30)27-17/h4-11,16-17,31H,1-3H3,(H2,27,28,30)/t16-,17-,21+/m0/s1. The average Bonchev–Trinajstić information content (AvgIpc) is 2.66. The summed E-state index contributed by atoms with van der Waals surface area (Å²) < 4.78 is 41.8. The molecule has 0 unspecified atom stereocenters. The van der Waals surface area contributed by atoms with E-state index >= 15 is 0 Å². The van der Waals surface area contributed by atoms with Gasteiger partial charge in [0.25, 0.3) is 0 Å². The number of halogens is 4. The van der Waals surface area contributed by atoms with Crippen molar-refractivity contribution in [1.29, 1.82) is 0 Å². The van der Waals surface area contributed by atoms with Crippen molar-refractivity contribution in [3.8, 4) is 0 Å². The molecule has 0 radical (unpaired) electrons. The van der Waals surface area contributed by atoms with Crippen molar-refractivity contribution >= 4 is 23.4 Å². The summed E-state index contributed by atoms with van der Waals surface area (Å²) in [5.41, 5.74) is -2.87. The Labute approximate surface area is 182 Å². The number of urea groups is 1. The molecule has 31 heavy (non-hydrogen) atoms. The maximum atomic E-state index is 13.9. The van der Waals surface area contributed by atoms with Gasteiger partial charge in [-0.05, 0) is 40.8 Å². The zero-order valence-electron chi connectivity index (χ0n) is 17.0. The Morgan fingerprint density at radius 2 is 1.58 bits per heavy atom. The van der Waals surface area contributed by atoms with Gasteiger partial charge in [0.1, 0.15) is 5.92 Å². The third-order valence-electron chi connectivity index (χ3n) is 5.35. The molecular weight excluding hydrogens is 433 g/mol. The molecule has 1 saturated heterocycles.